The van der Waals surface area contributed by atoms with E-state index in [0.29, 0.717) is 6.04 Å². The lowest BCUT2D eigenvalue weighted by Gasteiger charge is -2.22. The van der Waals surface area contributed by atoms with E-state index in [-0.39, 0.29) is 0 Å². The van der Waals surface area contributed by atoms with Crippen LogP contribution in [0.1, 0.15) is 20.3 Å². The van der Waals surface area contributed by atoms with Gasteiger partial charge in [-0.1, -0.05) is 0 Å². The zero-order valence-electron chi connectivity index (χ0n) is 10.1. The van der Waals surface area contributed by atoms with Gasteiger partial charge in [-0.2, -0.15) is 0 Å². The molecule has 3 nitrogen and oxygen atoms in total. The number of likely N-dealkylation sites (tertiary alicyclic amines) is 1. The van der Waals surface area contributed by atoms with Crippen LogP contribution in [0, 0.1) is 0 Å². The van der Waals surface area contributed by atoms with Crippen molar-refractivity contribution in [2.24, 2.45) is 0 Å². The Balaban J connectivity index is 2.04. The molecule has 1 N–H and O–H groups in total. The first kappa shape index (κ1) is 12.0. The number of nitrogens with zero attached hydrogens (tertiary/aromatic N) is 2. The molecule has 1 aliphatic rings. The summed E-state index contributed by atoms with van der Waals surface area (Å²) in [5.41, 5.74) is 0. The maximum absolute atomic E-state index is 3.61. The maximum atomic E-state index is 3.61. The molecule has 0 radical (unpaired) electrons. The van der Waals surface area contributed by atoms with Crippen LogP contribution in [0.5, 0.6) is 0 Å². The van der Waals surface area contributed by atoms with Crippen molar-refractivity contribution in [2.45, 2.75) is 32.4 Å². The van der Waals surface area contributed by atoms with Gasteiger partial charge in [-0.05, 0) is 40.9 Å². The molecule has 1 heterocycles. The van der Waals surface area contributed by atoms with Gasteiger partial charge in [0.1, 0.15) is 0 Å². The van der Waals surface area contributed by atoms with Crippen molar-refractivity contribution in [1.29, 1.82) is 0 Å². The highest BCUT2D eigenvalue weighted by molar-refractivity contribution is 4.78. The van der Waals surface area contributed by atoms with E-state index in [1.54, 1.807) is 0 Å². The summed E-state index contributed by atoms with van der Waals surface area (Å²) in [6, 6.07) is 1.38. The van der Waals surface area contributed by atoms with E-state index < -0.39 is 0 Å². The molecule has 0 saturated carbocycles. The standard InChI is InChI=1S/C11H25N3/c1-10(2)14(4)8-6-12-11-5-7-13(3)9-11/h10-12H,5-9H2,1-4H3. The van der Waals surface area contributed by atoms with Crippen LogP contribution >= 0.6 is 0 Å². The highest BCUT2D eigenvalue weighted by Crippen LogP contribution is 2.05. The van der Waals surface area contributed by atoms with E-state index in [9.17, 15) is 0 Å². The molecule has 3 heteroatoms. The Morgan fingerprint density at radius 1 is 1.50 bits per heavy atom. The summed E-state index contributed by atoms with van der Waals surface area (Å²) in [4.78, 5) is 4.77. The van der Waals surface area contributed by atoms with Gasteiger partial charge in [0.2, 0.25) is 0 Å². The smallest absolute Gasteiger partial charge is 0.0207 e. The molecule has 0 aliphatic carbocycles. The Hall–Kier alpha value is -0.120. The highest BCUT2D eigenvalue weighted by atomic mass is 15.2. The molecule has 1 saturated heterocycles. The van der Waals surface area contributed by atoms with Gasteiger partial charge in [-0.25, -0.2) is 0 Å². The average Bonchev–Trinajstić information content (AvgIpc) is 2.51. The van der Waals surface area contributed by atoms with Crippen molar-refractivity contribution >= 4 is 0 Å². The molecular weight excluding hydrogens is 174 g/mol. The first-order valence-corrected chi connectivity index (χ1v) is 5.71. The van der Waals surface area contributed by atoms with Crippen LogP contribution in [0.3, 0.4) is 0 Å². The van der Waals surface area contributed by atoms with Gasteiger partial charge in [0.25, 0.3) is 0 Å². The molecule has 84 valence electrons. The van der Waals surface area contributed by atoms with Crippen LogP contribution < -0.4 is 5.32 Å². The maximum Gasteiger partial charge on any atom is 0.0207 e. The van der Waals surface area contributed by atoms with Crippen LogP contribution in [-0.4, -0.2) is 62.2 Å². The second-order valence-electron chi connectivity index (χ2n) is 4.78. The number of rotatable bonds is 5. The van der Waals surface area contributed by atoms with Gasteiger partial charge < -0.3 is 15.1 Å². The molecule has 0 aromatic carbocycles. The van der Waals surface area contributed by atoms with Crippen LogP contribution in [0.2, 0.25) is 0 Å². The monoisotopic (exact) mass is 199 g/mol. The third kappa shape index (κ3) is 3.95. The van der Waals surface area contributed by atoms with Crippen molar-refractivity contribution in [3.05, 3.63) is 0 Å². The number of hydrogen-bond acceptors (Lipinski definition) is 3. The highest BCUT2D eigenvalue weighted by Gasteiger charge is 2.18. The Labute approximate surface area is 88.5 Å². The van der Waals surface area contributed by atoms with Crippen LogP contribution in [-0.2, 0) is 0 Å². The lowest BCUT2D eigenvalue weighted by Crippen LogP contribution is -2.39. The van der Waals surface area contributed by atoms with Crippen molar-refractivity contribution < 1.29 is 0 Å². The van der Waals surface area contributed by atoms with Crippen molar-refractivity contribution in [3.63, 3.8) is 0 Å². The first-order chi connectivity index (χ1) is 6.59. The Kier molecular flexibility index (Phi) is 4.85. The Bertz CT molecular complexity index is 159. The fraction of sp³-hybridized carbons (Fsp3) is 1.00. The molecule has 0 spiro atoms. The zero-order chi connectivity index (χ0) is 10.6. The molecule has 14 heavy (non-hydrogen) atoms. The molecule has 0 amide bonds. The van der Waals surface area contributed by atoms with Gasteiger partial charge >= 0.3 is 0 Å². The fourth-order valence-electron chi connectivity index (χ4n) is 1.80. The van der Waals surface area contributed by atoms with E-state index >= 15 is 0 Å². The van der Waals surface area contributed by atoms with Gasteiger partial charge in [-0.15, -0.1) is 0 Å². The van der Waals surface area contributed by atoms with Crippen LogP contribution in [0.15, 0.2) is 0 Å². The third-order valence-corrected chi connectivity index (χ3v) is 3.17. The average molecular weight is 199 g/mol. The summed E-state index contributed by atoms with van der Waals surface area (Å²) in [7, 11) is 4.38. The van der Waals surface area contributed by atoms with Gasteiger partial charge in [0.15, 0.2) is 0 Å². The number of nitrogens with one attached hydrogen (secondary N) is 1. The molecule has 1 fully saturated rings. The minimum Gasteiger partial charge on any atom is -0.311 e. The van der Waals surface area contributed by atoms with E-state index in [1.165, 1.54) is 19.5 Å². The molecule has 0 bridgehead atoms. The fourth-order valence-corrected chi connectivity index (χ4v) is 1.80. The summed E-state index contributed by atoms with van der Waals surface area (Å²) in [5.74, 6) is 0. The topological polar surface area (TPSA) is 18.5 Å². The summed E-state index contributed by atoms with van der Waals surface area (Å²) in [6.07, 6.45) is 1.31. The number of hydrogen-bond donors (Lipinski definition) is 1. The number of likely N-dealkylation sites (N-methyl/N-ethyl adjacent to an activating group) is 2. The largest absolute Gasteiger partial charge is 0.311 e. The van der Waals surface area contributed by atoms with Crippen molar-refractivity contribution in [2.75, 3.05) is 40.3 Å². The predicted octanol–water partition coefficient (Wildman–Crippen LogP) is 0.620. The second-order valence-corrected chi connectivity index (χ2v) is 4.78. The molecular formula is C11H25N3. The van der Waals surface area contributed by atoms with Gasteiger partial charge in [0, 0.05) is 31.7 Å². The van der Waals surface area contributed by atoms with E-state index in [0.717, 1.165) is 19.1 Å². The third-order valence-electron chi connectivity index (χ3n) is 3.17. The van der Waals surface area contributed by atoms with E-state index in [1.807, 2.05) is 0 Å². The minimum atomic E-state index is 0.656. The minimum absolute atomic E-state index is 0.656. The molecule has 1 atom stereocenters. The molecule has 1 rings (SSSR count). The van der Waals surface area contributed by atoms with Crippen LogP contribution in [0.25, 0.3) is 0 Å². The molecule has 1 aliphatic heterocycles. The lowest BCUT2D eigenvalue weighted by molar-refractivity contribution is 0.268. The Morgan fingerprint density at radius 3 is 2.71 bits per heavy atom. The molecule has 0 aromatic rings. The summed E-state index contributed by atoms with van der Waals surface area (Å²) < 4.78 is 0. The first-order valence-electron chi connectivity index (χ1n) is 5.71. The van der Waals surface area contributed by atoms with E-state index in [4.69, 9.17) is 0 Å². The predicted molar refractivity (Wildman–Crippen MR) is 61.7 cm³/mol. The van der Waals surface area contributed by atoms with Crippen molar-refractivity contribution in [3.8, 4) is 0 Å². The Morgan fingerprint density at radius 2 is 2.21 bits per heavy atom. The SMILES string of the molecule is CC(C)N(C)CCNC1CCN(C)C1. The molecule has 0 aromatic heterocycles. The van der Waals surface area contributed by atoms with Gasteiger partial charge in [0.05, 0.1) is 0 Å². The summed E-state index contributed by atoms with van der Waals surface area (Å²) in [6.45, 7) is 9.21. The van der Waals surface area contributed by atoms with Crippen molar-refractivity contribution in [1.82, 2.24) is 15.1 Å². The quantitative estimate of drug-likeness (QED) is 0.700. The second kappa shape index (κ2) is 5.69. The summed E-state index contributed by atoms with van der Waals surface area (Å²) >= 11 is 0. The normalized spacial score (nSPS) is 24.0. The molecule has 1 unspecified atom stereocenters. The van der Waals surface area contributed by atoms with Gasteiger partial charge in [-0.3, -0.25) is 0 Å². The zero-order valence-corrected chi connectivity index (χ0v) is 10.1. The summed E-state index contributed by atoms with van der Waals surface area (Å²) in [5, 5.41) is 3.61. The van der Waals surface area contributed by atoms with Crippen LogP contribution in [0.4, 0.5) is 0 Å². The lowest BCUT2D eigenvalue weighted by atomic mass is 10.2. The van der Waals surface area contributed by atoms with E-state index in [2.05, 4.69) is 43.1 Å².